The van der Waals surface area contributed by atoms with E-state index in [4.69, 9.17) is 0 Å². The number of nitrogens with zero attached hydrogens (tertiary/aromatic N) is 2. The van der Waals surface area contributed by atoms with E-state index >= 15 is 0 Å². The molecule has 0 heterocycles. The van der Waals surface area contributed by atoms with Gasteiger partial charge in [0, 0.05) is 42.3 Å². The van der Waals surface area contributed by atoms with Crippen molar-refractivity contribution in [3.8, 4) is 0 Å². The summed E-state index contributed by atoms with van der Waals surface area (Å²) in [6, 6.07) is 10.9. The van der Waals surface area contributed by atoms with E-state index < -0.39 is 10.0 Å². The van der Waals surface area contributed by atoms with Gasteiger partial charge < -0.3 is 4.90 Å². The summed E-state index contributed by atoms with van der Waals surface area (Å²) in [6.45, 7) is 0.155. The molecule has 1 aliphatic rings. The molecule has 8 heteroatoms. The first-order valence-corrected chi connectivity index (χ1v) is 10.7. The number of carbonyl (C=O) groups excluding carboxylic acids is 1. The average molecular weight is 455 g/mol. The highest BCUT2D eigenvalue weighted by atomic mass is 79.9. The molecule has 5 nitrogen and oxygen atoms in total. The quantitative estimate of drug-likeness (QED) is 0.669. The zero-order chi connectivity index (χ0) is 19.8. The lowest BCUT2D eigenvalue weighted by Gasteiger charge is -2.23. The summed E-state index contributed by atoms with van der Waals surface area (Å²) in [4.78, 5) is 14.7. The third-order valence-corrected chi connectivity index (χ3v) is 7.29. The molecule has 27 heavy (non-hydrogen) atoms. The van der Waals surface area contributed by atoms with Gasteiger partial charge in [-0.1, -0.05) is 18.2 Å². The van der Waals surface area contributed by atoms with Crippen molar-refractivity contribution in [2.45, 2.75) is 30.3 Å². The van der Waals surface area contributed by atoms with E-state index in [1.54, 1.807) is 35.2 Å². The van der Waals surface area contributed by atoms with Gasteiger partial charge in [0.1, 0.15) is 5.82 Å². The molecule has 0 unspecified atom stereocenters. The van der Waals surface area contributed by atoms with E-state index in [9.17, 15) is 17.6 Å². The molecule has 0 N–H and O–H groups in total. The van der Waals surface area contributed by atoms with Crippen LogP contribution in [0, 0.1) is 5.82 Å². The van der Waals surface area contributed by atoms with Crippen molar-refractivity contribution in [3.05, 3.63) is 63.9 Å². The van der Waals surface area contributed by atoms with E-state index in [0.717, 1.165) is 17.1 Å². The third-order valence-electron chi connectivity index (χ3n) is 4.48. The number of benzene rings is 2. The lowest BCUT2D eigenvalue weighted by atomic mass is 10.1. The Morgan fingerprint density at radius 3 is 2.44 bits per heavy atom. The van der Waals surface area contributed by atoms with Crippen LogP contribution >= 0.6 is 15.9 Å². The summed E-state index contributed by atoms with van der Waals surface area (Å²) in [7, 11) is -0.833. The first-order chi connectivity index (χ1) is 12.7. The summed E-state index contributed by atoms with van der Waals surface area (Å²) in [5.41, 5.74) is 0.706. The smallest absolute Gasteiger partial charge is 0.254 e. The lowest BCUT2D eigenvalue weighted by Crippen LogP contribution is -2.33. The van der Waals surface area contributed by atoms with Crippen molar-refractivity contribution in [2.75, 3.05) is 14.1 Å². The van der Waals surface area contributed by atoms with Crippen molar-refractivity contribution >= 4 is 31.9 Å². The zero-order valence-corrected chi connectivity index (χ0v) is 17.4. The molecule has 2 aromatic rings. The predicted octanol–water partition coefficient (Wildman–Crippen LogP) is 3.64. The van der Waals surface area contributed by atoms with Gasteiger partial charge in [0.25, 0.3) is 5.91 Å². The maximum Gasteiger partial charge on any atom is 0.254 e. The summed E-state index contributed by atoms with van der Waals surface area (Å²) >= 11 is 3.24. The molecule has 0 aromatic heterocycles. The van der Waals surface area contributed by atoms with Gasteiger partial charge in [0.05, 0.1) is 4.90 Å². The Kier molecular flexibility index (Phi) is 5.69. The predicted molar refractivity (Wildman–Crippen MR) is 104 cm³/mol. The summed E-state index contributed by atoms with van der Waals surface area (Å²) in [5.74, 6) is -0.661. The highest BCUT2D eigenvalue weighted by Gasteiger charge is 2.34. The first-order valence-electron chi connectivity index (χ1n) is 8.48. The van der Waals surface area contributed by atoms with Crippen LogP contribution in [0.4, 0.5) is 4.39 Å². The standard InChI is InChI=1S/C19H20BrFN2O3S/c1-22(2)27(25,26)18-11-13(7-10-16(18)20)19(24)23(15-8-9-15)12-14-5-3-4-6-17(14)21/h3-7,10-11,15H,8-9,12H2,1-2H3. The molecule has 1 saturated carbocycles. The number of sulfonamides is 1. The molecule has 0 atom stereocenters. The Morgan fingerprint density at radius 1 is 1.19 bits per heavy atom. The monoisotopic (exact) mass is 454 g/mol. The van der Waals surface area contributed by atoms with Gasteiger partial charge in [-0.2, -0.15) is 0 Å². The normalized spacial score (nSPS) is 14.4. The van der Waals surface area contributed by atoms with Gasteiger partial charge in [0.15, 0.2) is 0 Å². The SMILES string of the molecule is CN(C)S(=O)(=O)c1cc(C(=O)N(Cc2ccccc2F)C2CC2)ccc1Br. The molecule has 0 aliphatic heterocycles. The molecule has 0 saturated heterocycles. The van der Waals surface area contributed by atoms with Crippen LogP contribution in [0.1, 0.15) is 28.8 Å². The van der Waals surface area contributed by atoms with Crippen LogP contribution in [0.5, 0.6) is 0 Å². The summed E-state index contributed by atoms with van der Waals surface area (Å²) < 4.78 is 40.5. The largest absolute Gasteiger partial charge is 0.331 e. The molecule has 0 bridgehead atoms. The number of rotatable bonds is 6. The number of hydrogen-bond acceptors (Lipinski definition) is 3. The van der Waals surface area contributed by atoms with Crippen LogP contribution in [-0.2, 0) is 16.6 Å². The molecule has 0 spiro atoms. The molecule has 144 valence electrons. The fraction of sp³-hybridized carbons (Fsp3) is 0.316. The minimum absolute atomic E-state index is 0.0278. The van der Waals surface area contributed by atoms with Crippen molar-refractivity contribution in [2.24, 2.45) is 0 Å². The van der Waals surface area contributed by atoms with E-state index in [1.807, 2.05) is 0 Å². The van der Waals surface area contributed by atoms with Crippen LogP contribution in [0.25, 0.3) is 0 Å². The van der Waals surface area contributed by atoms with E-state index in [0.29, 0.717) is 10.0 Å². The lowest BCUT2D eigenvalue weighted by molar-refractivity contribution is 0.0728. The molecule has 1 aliphatic carbocycles. The van der Waals surface area contributed by atoms with Gasteiger partial charge in [-0.25, -0.2) is 17.1 Å². The molecular formula is C19H20BrFN2O3S. The maximum absolute atomic E-state index is 14.0. The highest BCUT2D eigenvalue weighted by Crippen LogP contribution is 2.32. The van der Waals surface area contributed by atoms with Crippen molar-refractivity contribution in [1.29, 1.82) is 0 Å². The fourth-order valence-electron chi connectivity index (χ4n) is 2.76. The van der Waals surface area contributed by atoms with Crippen molar-refractivity contribution in [3.63, 3.8) is 0 Å². The van der Waals surface area contributed by atoms with Crippen LogP contribution in [0.2, 0.25) is 0 Å². The van der Waals surface area contributed by atoms with Crippen LogP contribution < -0.4 is 0 Å². The number of carbonyl (C=O) groups is 1. The van der Waals surface area contributed by atoms with E-state index in [1.165, 1.54) is 26.2 Å². The molecule has 1 amide bonds. The average Bonchev–Trinajstić information content (AvgIpc) is 3.45. The summed E-state index contributed by atoms with van der Waals surface area (Å²) in [6.07, 6.45) is 1.72. The van der Waals surface area contributed by atoms with Gasteiger partial charge in [0.2, 0.25) is 10.0 Å². The molecule has 0 radical (unpaired) electrons. The second-order valence-electron chi connectivity index (χ2n) is 6.69. The number of halogens is 2. The number of hydrogen-bond donors (Lipinski definition) is 0. The summed E-state index contributed by atoms with van der Waals surface area (Å²) in [5, 5.41) is 0. The minimum atomic E-state index is -3.70. The molecule has 2 aromatic carbocycles. The van der Waals surface area contributed by atoms with Gasteiger partial charge in [-0.3, -0.25) is 4.79 Å². The van der Waals surface area contributed by atoms with Gasteiger partial charge in [-0.15, -0.1) is 0 Å². The van der Waals surface area contributed by atoms with Crippen molar-refractivity contribution < 1.29 is 17.6 Å². The van der Waals surface area contributed by atoms with Crippen LogP contribution in [0.3, 0.4) is 0 Å². The van der Waals surface area contributed by atoms with Crippen LogP contribution in [-0.4, -0.2) is 43.7 Å². The first kappa shape index (κ1) is 20.0. The second-order valence-corrected chi connectivity index (χ2v) is 9.66. The molecular weight excluding hydrogens is 435 g/mol. The second kappa shape index (κ2) is 7.69. The van der Waals surface area contributed by atoms with Gasteiger partial charge in [-0.05, 0) is 53.0 Å². The Morgan fingerprint density at radius 2 is 1.85 bits per heavy atom. The van der Waals surface area contributed by atoms with Gasteiger partial charge >= 0.3 is 0 Å². The maximum atomic E-state index is 14.0. The Labute approximate surface area is 167 Å². The Bertz CT molecular complexity index is 975. The van der Waals surface area contributed by atoms with E-state index in [2.05, 4.69) is 15.9 Å². The molecule has 3 rings (SSSR count). The van der Waals surface area contributed by atoms with E-state index in [-0.39, 0.29) is 34.8 Å². The minimum Gasteiger partial charge on any atom is -0.331 e. The number of amides is 1. The Hall–Kier alpha value is -1.77. The Balaban J connectivity index is 1.95. The van der Waals surface area contributed by atoms with Crippen molar-refractivity contribution in [1.82, 2.24) is 9.21 Å². The zero-order valence-electron chi connectivity index (χ0n) is 15.0. The third kappa shape index (κ3) is 4.23. The van der Waals surface area contributed by atoms with Crippen LogP contribution in [0.15, 0.2) is 51.8 Å². The topological polar surface area (TPSA) is 57.7 Å². The fourth-order valence-corrected chi connectivity index (χ4v) is 4.60. The highest BCUT2D eigenvalue weighted by molar-refractivity contribution is 9.10. The molecule has 1 fully saturated rings.